The van der Waals surface area contributed by atoms with Gasteiger partial charge in [-0.25, -0.2) is 0 Å². The number of hydrogen-bond donors (Lipinski definition) is 0. The molecule has 2 saturated heterocycles. The van der Waals surface area contributed by atoms with E-state index in [1.54, 1.807) is 14.0 Å². The fourth-order valence-electron chi connectivity index (χ4n) is 0.705. The van der Waals surface area contributed by atoms with Crippen molar-refractivity contribution in [3.8, 4) is 0 Å². The van der Waals surface area contributed by atoms with Crippen LogP contribution in [0.25, 0.3) is 0 Å². The van der Waals surface area contributed by atoms with E-state index in [2.05, 4.69) is 13.2 Å². The van der Waals surface area contributed by atoms with E-state index in [-0.39, 0.29) is 0 Å². The zero-order valence-electron chi connectivity index (χ0n) is 6.88. The van der Waals surface area contributed by atoms with Gasteiger partial charge in [0.15, 0.2) is 0 Å². The maximum atomic E-state index is 3.97. The van der Waals surface area contributed by atoms with Gasteiger partial charge < -0.3 is 0 Å². The second kappa shape index (κ2) is 7.40. The van der Waals surface area contributed by atoms with Crippen molar-refractivity contribution in [1.29, 1.82) is 0 Å². The summed E-state index contributed by atoms with van der Waals surface area (Å²) in [4.78, 5) is 0. The van der Waals surface area contributed by atoms with Crippen molar-refractivity contribution in [3.05, 3.63) is 18.2 Å². The van der Waals surface area contributed by atoms with Gasteiger partial charge in [-0.2, -0.15) is 0 Å². The predicted molar refractivity (Wildman–Crippen MR) is 60.5 cm³/mol. The number of hydrogen-bond acceptors (Lipinski definition) is 0. The van der Waals surface area contributed by atoms with E-state index in [4.69, 9.17) is 0 Å². The Balaban J connectivity index is 0.000000120. The van der Waals surface area contributed by atoms with E-state index in [1.165, 1.54) is 10.6 Å². The van der Waals surface area contributed by atoms with E-state index in [9.17, 15) is 0 Å². The van der Waals surface area contributed by atoms with Crippen LogP contribution in [-0.2, 0) is 0 Å². The molecule has 0 amide bonds. The summed E-state index contributed by atoms with van der Waals surface area (Å²) in [6.45, 7) is 7.88. The molecule has 0 aromatic heterocycles. The molecule has 12 heavy (non-hydrogen) atoms. The third-order valence-corrected chi connectivity index (χ3v) is 19.3. The summed E-state index contributed by atoms with van der Waals surface area (Å²) in [5.41, 5.74) is 0. The summed E-state index contributed by atoms with van der Waals surface area (Å²) in [7, 11) is 0. The molecule has 68 valence electrons. The van der Waals surface area contributed by atoms with E-state index < -0.39 is 0 Å². The second-order valence-electron chi connectivity index (χ2n) is 2.14. The summed E-state index contributed by atoms with van der Waals surface area (Å²) >= 11 is 2.51. The van der Waals surface area contributed by atoms with Gasteiger partial charge in [0.05, 0.1) is 0 Å². The summed E-state index contributed by atoms with van der Waals surface area (Å²) in [6.07, 6.45) is 0. The summed E-state index contributed by atoms with van der Waals surface area (Å²) in [5.74, 6) is 0. The van der Waals surface area contributed by atoms with Crippen molar-refractivity contribution < 1.29 is 0 Å². The average molecular weight is 521 g/mol. The van der Waals surface area contributed by atoms with E-state index in [1.807, 2.05) is 0 Å². The Hall–Kier alpha value is 2.10. The van der Waals surface area contributed by atoms with Gasteiger partial charge in [-0.1, -0.05) is 0 Å². The molecule has 0 atom stereocenters. The van der Waals surface area contributed by atoms with Crippen LogP contribution >= 0.6 is 0 Å². The first-order valence-corrected chi connectivity index (χ1v) is 13.4. The second-order valence-corrected chi connectivity index (χ2v) is 17.7. The van der Waals surface area contributed by atoms with Gasteiger partial charge >= 0.3 is 110 Å². The molecular weight excluding hydrogens is 509 g/mol. The monoisotopic (exact) mass is 528 g/mol. The minimum atomic E-state index is 0.396. The fraction of sp³-hybridized carbons (Fsp3) is 0.500. The first-order chi connectivity index (χ1) is 5.79. The number of rotatable bonds is 0. The topological polar surface area (TPSA) is 0 Å². The zero-order valence-corrected chi connectivity index (χ0v) is 15.0. The van der Waals surface area contributed by atoms with Crippen LogP contribution in [-0.4, -0.2) is 71.8 Å². The van der Waals surface area contributed by atoms with Crippen LogP contribution in [0.4, 0.5) is 0 Å². The van der Waals surface area contributed by atoms with Gasteiger partial charge in [0.1, 0.15) is 0 Å². The van der Waals surface area contributed by atoms with Crippen molar-refractivity contribution in [2.24, 2.45) is 0 Å². The van der Waals surface area contributed by atoms with Gasteiger partial charge in [-0.05, 0) is 0 Å². The first-order valence-electron chi connectivity index (χ1n) is 3.68. The molecule has 0 aromatic rings. The van der Waals surface area contributed by atoms with Gasteiger partial charge in [0.2, 0.25) is 0 Å². The van der Waals surface area contributed by atoms with Crippen LogP contribution < -0.4 is 0 Å². The van der Waals surface area contributed by atoms with Gasteiger partial charge in [0, 0.05) is 0 Å². The zero-order chi connectivity index (χ0) is 8.81. The van der Waals surface area contributed by atoms with Crippen LogP contribution in [0.5, 0.6) is 0 Å². The SMILES string of the molecule is C=C1[Se]CC[Se]1.C=C1[Te]CC[Te]1. The van der Waals surface area contributed by atoms with E-state index in [0.717, 1.165) is 29.9 Å². The molecule has 2 aliphatic heterocycles. The minimum absolute atomic E-state index is 0.396. The molecule has 0 aliphatic carbocycles. The molecule has 0 unspecified atom stereocenters. The fourth-order valence-corrected chi connectivity index (χ4v) is 16.7. The normalized spacial score (nSPS) is 22.3. The van der Waals surface area contributed by atoms with Crippen molar-refractivity contribution in [1.82, 2.24) is 0 Å². The van der Waals surface area contributed by atoms with E-state index >= 15 is 0 Å². The van der Waals surface area contributed by atoms with Gasteiger partial charge in [-0.3, -0.25) is 0 Å². The Bertz CT molecular complexity index is 144. The molecule has 0 N–H and O–H groups in total. The third kappa shape index (κ3) is 5.75. The first kappa shape index (κ1) is 12.2. The Labute approximate surface area is 108 Å². The van der Waals surface area contributed by atoms with Gasteiger partial charge in [-0.15, -0.1) is 0 Å². The van der Waals surface area contributed by atoms with Crippen molar-refractivity contribution in [3.63, 3.8) is 0 Å². The van der Waals surface area contributed by atoms with Gasteiger partial charge in [0.25, 0.3) is 0 Å². The quantitative estimate of drug-likeness (QED) is 0.424. The molecule has 0 saturated carbocycles. The van der Waals surface area contributed by atoms with Crippen LogP contribution in [0.15, 0.2) is 18.2 Å². The summed E-state index contributed by atoms with van der Waals surface area (Å²) in [5, 5.41) is 2.96. The summed E-state index contributed by atoms with van der Waals surface area (Å²) in [6, 6.07) is 0. The molecular formula is C8H12Se2Te2. The molecule has 0 spiro atoms. The Morgan fingerprint density at radius 1 is 1.00 bits per heavy atom. The average Bonchev–Trinajstić information content (AvgIpc) is 2.63. The van der Waals surface area contributed by atoms with Crippen LogP contribution in [0.2, 0.25) is 19.6 Å². The molecule has 0 bridgehead atoms. The molecule has 2 aliphatic rings. The van der Waals surface area contributed by atoms with Crippen molar-refractivity contribution in [2.45, 2.75) is 19.6 Å². The Kier molecular flexibility index (Phi) is 7.50. The predicted octanol–water partition coefficient (Wildman–Crippen LogP) is 1.43. The molecule has 2 rings (SSSR count). The molecule has 0 radical (unpaired) electrons. The molecule has 2 heterocycles. The molecule has 0 nitrogen and oxygen atoms in total. The molecule has 2 fully saturated rings. The summed E-state index contributed by atoms with van der Waals surface area (Å²) < 4.78 is 6.44. The molecule has 0 aromatic carbocycles. The van der Waals surface area contributed by atoms with Crippen LogP contribution in [0, 0.1) is 0 Å². The van der Waals surface area contributed by atoms with Crippen LogP contribution in [0.1, 0.15) is 0 Å². The standard InChI is InChI=1S/C4H6Se2.C4H6Te2/c2*1-4-5-2-3-6-4/h2*1-3H2. The van der Waals surface area contributed by atoms with Crippen molar-refractivity contribution in [2.75, 3.05) is 0 Å². The van der Waals surface area contributed by atoms with Crippen molar-refractivity contribution >= 4 is 71.8 Å². The Morgan fingerprint density at radius 3 is 1.67 bits per heavy atom. The third-order valence-electron chi connectivity index (χ3n) is 1.22. The van der Waals surface area contributed by atoms with Crippen LogP contribution in [0.3, 0.4) is 0 Å². The molecule has 4 heteroatoms. The maximum absolute atomic E-state index is 3.97. The van der Waals surface area contributed by atoms with E-state index in [0.29, 0.717) is 41.8 Å². The Morgan fingerprint density at radius 2 is 1.50 bits per heavy atom.